The zero-order valence-corrected chi connectivity index (χ0v) is 36.6. The second-order valence-electron chi connectivity index (χ2n) is 17.6. The maximum absolute atomic E-state index is 2.53. The highest BCUT2D eigenvalue weighted by molar-refractivity contribution is 7.02. The average molecular weight is 799 g/mol. The summed E-state index contributed by atoms with van der Waals surface area (Å²) in [4.78, 5) is 0. The van der Waals surface area contributed by atoms with Crippen molar-refractivity contribution in [2.75, 3.05) is 0 Å². The smallest absolute Gasteiger partial charge is 0.0626 e. The molecule has 0 saturated carbocycles. The van der Waals surface area contributed by atoms with Gasteiger partial charge in [0.05, 0.1) is 0 Å². The van der Waals surface area contributed by atoms with Crippen molar-refractivity contribution in [1.82, 2.24) is 0 Å². The van der Waals surface area contributed by atoms with Gasteiger partial charge in [0.15, 0.2) is 0 Å². The molecule has 11 aromatic rings. The Balaban J connectivity index is 1.01. The summed E-state index contributed by atoms with van der Waals surface area (Å²) in [5, 5.41) is 19.1. The van der Waals surface area contributed by atoms with E-state index in [-0.39, 0.29) is 0 Å². The molecule has 0 aliphatic carbocycles. The number of fused-ring (bicyclic) bond motifs is 2. The quantitative estimate of drug-likeness (QED) is 0.0856. The molecule has 0 heterocycles. The number of benzene rings is 11. The zero-order chi connectivity index (χ0) is 40.6. The lowest BCUT2D eigenvalue weighted by atomic mass is 9.86. The van der Waals surface area contributed by atoms with Crippen LogP contribution in [-0.2, 0) is 0 Å². The summed E-state index contributed by atoms with van der Waals surface area (Å²) in [7, 11) is -3.97. The molecule has 0 saturated heterocycles. The van der Waals surface area contributed by atoms with Crippen molar-refractivity contribution in [3.63, 3.8) is 0 Å². The third kappa shape index (κ3) is 5.70. The van der Waals surface area contributed by atoms with Gasteiger partial charge in [-0.1, -0.05) is 248 Å². The summed E-state index contributed by atoms with van der Waals surface area (Å²) in [6.07, 6.45) is 0. The van der Waals surface area contributed by atoms with Crippen molar-refractivity contribution >= 4 is 90.8 Å². The first-order valence-corrected chi connectivity index (χ1v) is 27.3. The SMILES string of the molecule is C[Si](C)(c1ccccc1)c1ccc(-c2c3ccccc3c(-c3ccc([Si](C)(C)c4ccc5ccc6c(-c7ccccc7)ccc7ccc4c5c76)cc3)c3ccccc23)cc1. The van der Waals surface area contributed by atoms with Crippen molar-refractivity contribution in [1.29, 1.82) is 0 Å². The molecule has 11 rings (SSSR count). The predicted molar refractivity (Wildman–Crippen MR) is 268 cm³/mol. The molecule has 0 N–H and O–H groups in total. The predicted octanol–water partition coefficient (Wildman–Crippen LogP) is 13.5. The van der Waals surface area contributed by atoms with Crippen LogP contribution in [0.1, 0.15) is 0 Å². The van der Waals surface area contributed by atoms with Gasteiger partial charge in [-0.15, -0.1) is 0 Å². The summed E-state index contributed by atoms with van der Waals surface area (Å²) in [5.41, 5.74) is 7.71. The number of hydrogen-bond donors (Lipinski definition) is 0. The fourth-order valence-electron chi connectivity index (χ4n) is 10.3. The molecule has 0 aliphatic heterocycles. The lowest BCUT2D eigenvalue weighted by Crippen LogP contribution is -2.53. The van der Waals surface area contributed by atoms with Crippen molar-refractivity contribution in [2.45, 2.75) is 26.2 Å². The zero-order valence-electron chi connectivity index (χ0n) is 34.6. The molecule has 0 atom stereocenters. The van der Waals surface area contributed by atoms with Gasteiger partial charge >= 0.3 is 0 Å². The van der Waals surface area contributed by atoms with Crippen LogP contribution >= 0.6 is 0 Å². The lowest BCUT2D eigenvalue weighted by Gasteiger charge is -2.27. The highest BCUT2D eigenvalue weighted by atomic mass is 28.3. The second kappa shape index (κ2) is 14.0. The highest BCUT2D eigenvalue weighted by Gasteiger charge is 2.30. The summed E-state index contributed by atoms with van der Waals surface area (Å²) in [6.45, 7) is 9.97. The normalized spacial score (nSPS) is 12.3. The Morgan fingerprint density at radius 2 is 0.667 bits per heavy atom. The van der Waals surface area contributed by atoms with Crippen LogP contribution in [-0.4, -0.2) is 16.1 Å². The Morgan fingerprint density at radius 1 is 0.267 bits per heavy atom. The number of rotatable bonds is 7. The van der Waals surface area contributed by atoms with Gasteiger partial charge in [0.2, 0.25) is 0 Å². The Bertz CT molecular complexity index is 3320. The van der Waals surface area contributed by atoms with Crippen molar-refractivity contribution in [3.8, 4) is 33.4 Å². The average Bonchev–Trinajstić information content (AvgIpc) is 3.30. The van der Waals surface area contributed by atoms with Crippen molar-refractivity contribution in [2.24, 2.45) is 0 Å². The van der Waals surface area contributed by atoms with E-state index < -0.39 is 16.1 Å². The Morgan fingerprint density at radius 3 is 1.20 bits per heavy atom. The van der Waals surface area contributed by atoms with Gasteiger partial charge in [0.25, 0.3) is 0 Å². The summed E-state index contributed by atoms with van der Waals surface area (Å²) in [6, 6.07) is 77.9. The van der Waals surface area contributed by atoms with E-state index in [2.05, 4.69) is 232 Å². The standard InChI is InChI=1S/C58H46Si2/c1-59(2,44-17-9-6-10-18-44)45-31-23-40(24-32-45)55-48-19-11-13-21-50(48)56(51-22-14-12-20-49(51)55)41-25-33-46(34-26-41)60(3,4)54-38-30-43-28-36-52-47(39-15-7-5-8-16-39)35-27-42-29-37-53(54)58(43)57(42)52/h5-38H,1-4H3. The van der Waals surface area contributed by atoms with E-state index in [9.17, 15) is 0 Å². The van der Waals surface area contributed by atoms with Crippen molar-refractivity contribution in [3.05, 3.63) is 206 Å². The van der Waals surface area contributed by atoms with Crippen LogP contribution in [0.25, 0.3) is 87.2 Å². The third-order valence-electron chi connectivity index (χ3n) is 13.6. The first-order chi connectivity index (χ1) is 29.3. The van der Waals surface area contributed by atoms with E-state index in [4.69, 9.17) is 0 Å². The van der Waals surface area contributed by atoms with E-state index in [1.807, 2.05) is 0 Å². The molecule has 286 valence electrons. The van der Waals surface area contributed by atoms with Crippen molar-refractivity contribution < 1.29 is 0 Å². The minimum Gasteiger partial charge on any atom is -0.0626 e. The van der Waals surface area contributed by atoms with Crippen LogP contribution < -0.4 is 20.7 Å². The first kappa shape index (κ1) is 36.5. The summed E-state index contributed by atoms with van der Waals surface area (Å²) in [5.74, 6) is 0. The van der Waals surface area contributed by atoms with Gasteiger partial charge in [-0.3, -0.25) is 0 Å². The van der Waals surface area contributed by atoms with Crippen LogP contribution in [0.15, 0.2) is 206 Å². The van der Waals surface area contributed by atoms with Gasteiger partial charge in [-0.05, 0) is 92.4 Å². The fraction of sp³-hybridized carbons (Fsp3) is 0.0690. The molecule has 11 aromatic carbocycles. The van der Waals surface area contributed by atoms with Crippen LogP contribution in [0, 0.1) is 0 Å². The molecule has 0 aromatic heterocycles. The molecule has 2 heteroatoms. The topological polar surface area (TPSA) is 0 Å². The van der Waals surface area contributed by atoms with E-state index in [0.29, 0.717) is 0 Å². The highest BCUT2D eigenvalue weighted by Crippen LogP contribution is 2.44. The maximum atomic E-state index is 2.53. The van der Waals surface area contributed by atoms with Gasteiger partial charge in [0, 0.05) is 0 Å². The Kier molecular flexibility index (Phi) is 8.53. The van der Waals surface area contributed by atoms with Crippen LogP contribution in [0.2, 0.25) is 26.2 Å². The monoisotopic (exact) mass is 798 g/mol. The number of hydrogen-bond acceptors (Lipinski definition) is 0. The molecule has 0 spiro atoms. The Labute approximate surface area is 354 Å². The van der Waals surface area contributed by atoms with Crippen LogP contribution in [0.4, 0.5) is 0 Å². The van der Waals surface area contributed by atoms with Gasteiger partial charge < -0.3 is 0 Å². The molecular formula is C58H46Si2. The lowest BCUT2D eigenvalue weighted by molar-refractivity contribution is 1.64. The molecule has 0 fully saturated rings. The Hall–Kier alpha value is -6.59. The first-order valence-electron chi connectivity index (χ1n) is 21.3. The second-order valence-corrected chi connectivity index (χ2v) is 26.4. The summed E-state index contributed by atoms with van der Waals surface area (Å²) < 4.78 is 0. The summed E-state index contributed by atoms with van der Waals surface area (Å²) >= 11 is 0. The third-order valence-corrected chi connectivity index (χ3v) is 20.8. The van der Waals surface area contributed by atoms with E-state index in [0.717, 1.165) is 0 Å². The van der Waals surface area contributed by atoms with Gasteiger partial charge in [-0.2, -0.15) is 0 Å². The van der Waals surface area contributed by atoms with Crippen LogP contribution in [0.3, 0.4) is 0 Å². The van der Waals surface area contributed by atoms with E-state index in [1.165, 1.54) is 108 Å². The van der Waals surface area contributed by atoms with E-state index in [1.54, 1.807) is 0 Å². The fourth-order valence-corrected chi connectivity index (χ4v) is 15.3. The molecule has 60 heavy (non-hydrogen) atoms. The minimum absolute atomic E-state index is 1.26. The van der Waals surface area contributed by atoms with Crippen LogP contribution in [0.5, 0.6) is 0 Å². The maximum Gasteiger partial charge on any atom is 0.113 e. The largest absolute Gasteiger partial charge is 0.113 e. The van der Waals surface area contributed by atoms with Gasteiger partial charge in [0.1, 0.15) is 16.1 Å². The van der Waals surface area contributed by atoms with Gasteiger partial charge in [-0.25, -0.2) is 0 Å². The molecule has 0 nitrogen and oxygen atoms in total. The molecule has 0 unspecified atom stereocenters. The minimum atomic E-state index is -2.15. The molecule has 0 aliphatic rings. The molecule has 0 amide bonds. The molecule has 0 radical (unpaired) electrons. The van der Waals surface area contributed by atoms with E-state index >= 15 is 0 Å². The molecule has 0 bridgehead atoms. The molecular weight excluding hydrogens is 753 g/mol.